The standard InChI is InChI=1S/C18H22N4O2/c1-2-24-18(23)15-7-5-10-20-17(15)22-12-6-11-21(13-14-22)16-8-3-4-9-19-16/h3-5,7-10H,2,6,11-14H2,1H3. The van der Waals surface area contributed by atoms with Gasteiger partial charge >= 0.3 is 5.97 Å². The van der Waals surface area contributed by atoms with Crippen LogP contribution in [0.25, 0.3) is 0 Å². The second-order valence-electron chi connectivity index (χ2n) is 5.61. The molecule has 6 nitrogen and oxygen atoms in total. The molecule has 0 spiro atoms. The monoisotopic (exact) mass is 326 g/mol. The average molecular weight is 326 g/mol. The molecule has 3 rings (SSSR count). The summed E-state index contributed by atoms with van der Waals surface area (Å²) in [4.78, 5) is 25.5. The minimum Gasteiger partial charge on any atom is -0.462 e. The SMILES string of the molecule is CCOC(=O)c1cccnc1N1CCCN(c2ccccn2)CC1. The molecule has 0 aliphatic carbocycles. The van der Waals surface area contributed by atoms with E-state index >= 15 is 0 Å². The second kappa shape index (κ2) is 7.77. The van der Waals surface area contributed by atoms with Gasteiger partial charge in [0, 0.05) is 38.6 Å². The Hall–Kier alpha value is -2.63. The Bertz CT molecular complexity index is 678. The molecule has 1 aliphatic rings. The fraction of sp³-hybridized carbons (Fsp3) is 0.389. The highest BCUT2D eigenvalue weighted by Gasteiger charge is 2.22. The molecule has 0 N–H and O–H groups in total. The number of carbonyl (C=O) groups excluding carboxylic acids is 1. The van der Waals surface area contributed by atoms with Crippen LogP contribution in [0.5, 0.6) is 0 Å². The second-order valence-corrected chi connectivity index (χ2v) is 5.61. The molecular formula is C18H22N4O2. The Balaban J connectivity index is 1.76. The molecule has 0 aromatic carbocycles. The van der Waals surface area contributed by atoms with Gasteiger partial charge in [-0.1, -0.05) is 6.07 Å². The molecule has 1 aliphatic heterocycles. The number of ether oxygens (including phenoxy) is 1. The summed E-state index contributed by atoms with van der Waals surface area (Å²) < 4.78 is 5.16. The van der Waals surface area contributed by atoms with E-state index in [1.165, 1.54) is 0 Å². The van der Waals surface area contributed by atoms with Crippen LogP contribution in [-0.4, -0.2) is 48.7 Å². The van der Waals surface area contributed by atoms with E-state index in [0.717, 1.165) is 38.4 Å². The number of pyridine rings is 2. The van der Waals surface area contributed by atoms with Crippen molar-refractivity contribution in [2.45, 2.75) is 13.3 Å². The van der Waals surface area contributed by atoms with Crippen molar-refractivity contribution in [3.8, 4) is 0 Å². The van der Waals surface area contributed by atoms with Gasteiger partial charge in [0.05, 0.1) is 6.61 Å². The van der Waals surface area contributed by atoms with Crippen LogP contribution in [0.1, 0.15) is 23.7 Å². The number of rotatable bonds is 4. The summed E-state index contributed by atoms with van der Waals surface area (Å²) in [6, 6.07) is 9.51. The van der Waals surface area contributed by atoms with Crippen molar-refractivity contribution < 1.29 is 9.53 Å². The van der Waals surface area contributed by atoms with Crippen molar-refractivity contribution in [3.05, 3.63) is 48.3 Å². The Morgan fingerprint density at radius 2 is 1.83 bits per heavy atom. The maximum Gasteiger partial charge on any atom is 0.341 e. The third-order valence-corrected chi connectivity index (χ3v) is 4.05. The predicted molar refractivity (Wildman–Crippen MR) is 93.5 cm³/mol. The van der Waals surface area contributed by atoms with Gasteiger partial charge in [0.25, 0.3) is 0 Å². The molecule has 24 heavy (non-hydrogen) atoms. The summed E-state index contributed by atoms with van der Waals surface area (Å²) in [6.07, 6.45) is 4.52. The van der Waals surface area contributed by atoms with E-state index in [4.69, 9.17) is 4.74 Å². The number of nitrogens with zero attached hydrogens (tertiary/aromatic N) is 4. The third-order valence-electron chi connectivity index (χ3n) is 4.05. The van der Waals surface area contributed by atoms with E-state index in [-0.39, 0.29) is 5.97 Å². The Kier molecular flexibility index (Phi) is 5.25. The van der Waals surface area contributed by atoms with Gasteiger partial charge in [0.1, 0.15) is 17.2 Å². The number of hydrogen-bond acceptors (Lipinski definition) is 6. The van der Waals surface area contributed by atoms with E-state index in [1.54, 1.807) is 18.3 Å². The lowest BCUT2D eigenvalue weighted by molar-refractivity contribution is 0.0526. The largest absolute Gasteiger partial charge is 0.462 e. The minimum atomic E-state index is -0.313. The number of hydrogen-bond donors (Lipinski definition) is 0. The number of anilines is 2. The van der Waals surface area contributed by atoms with E-state index in [1.807, 2.05) is 31.3 Å². The number of esters is 1. The van der Waals surface area contributed by atoms with Crippen molar-refractivity contribution in [1.82, 2.24) is 9.97 Å². The Morgan fingerprint density at radius 3 is 2.62 bits per heavy atom. The van der Waals surface area contributed by atoms with Crippen molar-refractivity contribution in [2.75, 3.05) is 42.6 Å². The maximum atomic E-state index is 12.2. The van der Waals surface area contributed by atoms with E-state index in [2.05, 4.69) is 19.8 Å². The highest BCUT2D eigenvalue weighted by Crippen LogP contribution is 2.21. The van der Waals surface area contributed by atoms with Crippen LogP contribution in [0.2, 0.25) is 0 Å². The van der Waals surface area contributed by atoms with Crippen LogP contribution >= 0.6 is 0 Å². The Labute approximate surface area is 142 Å². The molecule has 0 unspecified atom stereocenters. The molecule has 1 saturated heterocycles. The van der Waals surface area contributed by atoms with Gasteiger partial charge in [-0.3, -0.25) is 0 Å². The molecular weight excluding hydrogens is 304 g/mol. The molecule has 0 bridgehead atoms. The predicted octanol–water partition coefficient (Wildman–Crippen LogP) is 2.37. The van der Waals surface area contributed by atoms with Crippen LogP contribution in [0.3, 0.4) is 0 Å². The van der Waals surface area contributed by atoms with Gasteiger partial charge in [0.15, 0.2) is 0 Å². The first-order chi connectivity index (χ1) is 11.8. The Morgan fingerprint density at radius 1 is 1.04 bits per heavy atom. The molecule has 126 valence electrons. The number of aromatic nitrogens is 2. The van der Waals surface area contributed by atoms with Gasteiger partial charge in [0.2, 0.25) is 0 Å². The molecule has 3 heterocycles. The average Bonchev–Trinajstić information content (AvgIpc) is 2.89. The minimum absolute atomic E-state index is 0.313. The van der Waals surface area contributed by atoms with Gasteiger partial charge in [-0.15, -0.1) is 0 Å². The molecule has 0 saturated carbocycles. The highest BCUT2D eigenvalue weighted by atomic mass is 16.5. The summed E-state index contributed by atoms with van der Waals surface area (Å²) in [5.74, 6) is 1.39. The third kappa shape index (κ3) is 3.64. The van der Waals surface area contributed by atoms with E-state index in [0.29, 0.717) is 18.0 Å². The molecule has 0 amide bonds. The smallest absolute Gasteiger partial charge is 0.341 e. The highest BCUT2D eigenvalue weighted by molar-refractivity contribution is 5.94. The molecule has 0 atom stereocenters. The summed E-state index contributed by atoms with van der Waals surface area (Å²) in [7, 11) is 0. The van der Waals surface area contributed by atoms with E-state index in [9.17, 15) is 4.79 Å². The summed E-state index contributed by atoms with van der Waals surface area (Å²) in [6.45, 7) is 5.60. The fourth-order valence-corrected chi connectivity index (χ4v) is 2.92. The molecule has 1 fully saturated rings. The first-order valence-corrected chi connectivity index (χ1v) is 8.32. The van der Waals surface area contributed by atoms with Crippen molar-refractivity contribution in [3.63, 3.8) is 0 Å². The van der Waals surface area contributed by atoms with Crippen LogP contribution in [0.4, 0.5) is 11.6 Å². The van der Waals surface area contributed by atoms with Gasteiger partial charge < -0.3 is 14.5 Å². The maximum absolute atomic E-state index is 12.2. The molecule has 2 aromatic rings. The number of carbonyl (C=O) groups is 1. The first kappa shape index (κ1) is 16.2. The van der Waals surface area contributed by atoms with Gasteiger partial charge in [-0.05, 0) is 37.6 Å². The summed E-state index contributed by atoms with van der Waals surface area (Å²) in [5, 5.41) is 0. The first-order valence-electron chi connectivity index (χ1n) is 8.32. The fourth-order valence-electron chi connectivity index (χ4n) is 2.92. The zero-order valence-electron chi connectivity index (χ0n) is 13.9. The van der Waals surface area contributed by atoms with E-state index < -0.39 is 0 Å². The summed E-state index contributed by atoms with van der Waals surface area (Å²) >= 11 is 0. The molecule has 2 aromatic heterocycles. The normalized spacial score (nSPS) is 15.0. The van der Waals surface area contributed by atoms with Crippen LogP contribution in [0.15, 0.2) is 42.7 Å². The lowest BCUT2D eigenvalue weighted by Crippen LogP contribution is -2.32. The van der Waals surface area contributed by atoms with Gasteiger partial charge in [-0.25, -0.2) is 14.8 Å². The topological polar surface area (TPSA) is 58.6 Å². The summed E-state index contributed by atoms with van der Waals surface area (Å²) in [5.41, 5.74) is 0.533. The molecule has 0 radical (unpaired) electrons. The lowest BCUT2D eigenvalue weighted by atomic mass is 10.2. The van der Waals surface area contributed by atoms with Crippen LogP contribution in [0, 0.1) is 0 Å². The van der Waals surface area contributed by atoms with Gasteiger partial charge in [-0.2, -0.15) is 0 Å². The molecule has 6 heteroatoms. The lowest BCUT2D eigenvalue weighted by Gasteiger charge is -2.24. The van der Waals surface area contributed by atoms with Crippen LogP contribution in [-0.2, 0) is 4.74 Å². The zero-order valence-corrected chi connectivity index (χ0v) is 13.9. The quantitative estimate of drug-likeness (QED) is 0.804. The van der Waals surface area contributed by atoms with Crippen molar-refractivity contribution >= 4 is 17.6 Å². The van der Waals surface area contributed by atoms with Crippen molar-refractivity contribution in [1.29, 1.82) is 0 Å². The zero-order chi connectivity index (χ0) is 16.8. The van der Waals surface area contributed by atoms with Crippen molar-refractivity contribution in [2.24, 2.45) is 0 Å². The van der Waals surface area contributed by atoms with Crippen LogP contribution < -0.4 is 9.80 Å².